The van der Waals surface area contributed by atoms with Crippen LogP contribution in [0.4, 0.5) is 0 Å². The van der Waals surface area contributed by atoms with E-state index in [1.165, 1.54) is 4.90 Å². The van der Waals surface area contributed by atoms with Crippen molar-refractivity contribution in [2.45, 2.75) is 4.90 Å². The summed E-state index contributed by atoms with van der Waals surface area (Å²) in [6, 6.07) is 7.94. The largest absolute Gasteiger partial charge is 0.129 e. The number of halogens is 2. The Morgan fingerprint density at radius 1 is 1.27 bits per heavy atom. The lowest BCUT2D eigenvalue weighted by molar-refractivity contribution is 1.54. The third kappa shape index (κ3) is 2.52. The Morgan fingerprint density at radius 3 is 2.36 bits per heavy atom. The Balaban J connectivity index is 3.02. The van der Waals surface area contributed by atoms with Gasteiger partial charge in [-0.2, -0.15) is 0 Å². The molecule has 0 spiro atoms. The fourth-order valence-electron chi connectivity index (χ4n) is 0.769. The van der Waals surface area contributed by atoms with Crippen LogP contribution in [0.25, 0.3) is 0 Å². The first-order chi connectivity index (χ1) is 5.25. The van der Waals surface area contributed by atoms with Crippen molar-refractivity contribution in [3.05, 3.63) is 24.3 Å². The lowest BCUT2D eigenvalue weighted by Crippen LogP contribution is -1.97. The Kier molecular flexibility index (Phi) is 4.01. The van der Waals surface area contributed by atoms with Gasteiger partial charge in [0.2, 0.25) is 0 Å². The minimum Gasteiger partial charge on any atom is -0.129 e. The smallest absolute Gasteiger partial charge is 0.118 e. The number of hydrogen-bond acceptors (Lipinski definition) is 1. The normalized spacial score (nSPS) is 10.5. The van der Waals surface area contributed by atoms with Crippen molar-refractivity contribution in [3.63, 3.8) is 0 Å². The van der Waals surface area contributed by atoms with Gasteiger partial charge in [-0.3, -0.25) is 0 Å². The fourth-order valence-corrected chi connectivity index (χ4v) is 3.43. The van der Waals surface area contributed by atoms with Crippen LogP contribution in [0.3, 0.4) is 0 Å². The van der Waals surface area contributed by atoms with E-state index in [1.54, 1.807) is 11.8 Å². The highest BCUT2D eigenvalue weighted by molar-refractivity contribution is 8.09. The third-order valence-electron chi connectivity index (χ3n) is 1.27. The molecule has 0 aliphatic rings. The molecule has 0 unspecified atom stereocenters. The maximum absolute atomic E-state index is 5.80. The van der Waals surface area contributed by atoms with E-state index in [0.717, 1.165) is 5.30 Å². The summed E-state index contributed by atoms with van der Waals surface area (Å²) in [7, 11) is 0. The molecular weight excluding hydrogens is 218 g/mol. The van der Waals surface area contributed by atoms with Gasteiger partial charge >= 0.3 is 0 Å². The number of hydrogen-bond donors (Lipinski definition) is 0. The Morgan fingerprint density at radius 2 is 1.91 bits per heavy atom. The third-order valence-corrected chi connectivity index (χ3v) is 4.06. The van der Waals surface area contributed by atoms with Crippen molar-refractivity contribution in [1.29, 1.82) is 0 Å². The maximum atomic E-state index is 5.80. The molecule has 1 rings (SSSR count). The molecule has 11 heavy (non-hydrogen) atoms. The van der Waals surface area contributed by atoms with Crippen LogP contribution in [-0.4, -0.2) is 6.26 Å². The van der Waals surface area contributed by atoms with Gasteiger partial charge in [0.15, 0.2) is 0 Å². The van der Waals surface area contributed by atoms with E-state index in [0.29, 0.717) is 0 Å². The number of rotatable bonds is 2. The van der Waals surface area contributed by atoms with E-state index in [9.17, 15) is 0 Å². The molecule has 0 aliphatic carbocycles. The predicted molar refractivity (Wildman–Crippen MR) is 56.5 cm³/mol. The van der Waals surface area contributed by atoms with Gasteiger partial charge in [0, 0.05) is 10.2 Å². The minimum atomic E-state index is -0.999. The number of thioether (sulfide) groups is 1. The molecule has 0 heterocycles. The summed E-state index contributed by atoms with van der Waals surface area (Å²) >= 11 is 13.3. The monoisotopic (exact) mass is 224 g/mol. The zero-order valence-corrected chi connectivity index (χ0v) is 9.14. The first kappa shape index (κ1) is 9.67. The second-order valence-corrected chi connectivity index (χ2v) is 6.25. The van der Waals surface area contributed by atoms with Gasteiger partial charge in [-0.15, -0.1) is 11.8 Å². The molecule has 0 radical (unpaired) electrons. The molecule has 0 amide bonds. The maximum Gasteiger partial charge on any atom is 0.118 e. The first-order valence-corrected chi connectivity index (χ1v) is 7.38. The zero-order chi connectivity index (χ0) is 8.27. The molecule has 0 atom stereocenters. The van der Waals surface area contributed by atoms with Crippen LogP contribution in [0.1, 0.15) is 0 Å². The van der Waals surface area contributed by atoms with Gasteiger partial charge < -0.3 is 0 Å². The Bertz CT molecular complexity index is 240. The van der Waals surface area contributed by atoms with E-state index in [-0.39, 0.29) is 0 Å². The van der Waals surface area contributed by atoms with Crippen LogP contribution in [0.5, 0.6) is 0 Å². The average molecular weight is 225 g/mol. The molecule has 1 aromatic rings. The molecule has 0 aliphatic heterocycles. The SMILES string of the molecule is CSc1ccccc1P(Cl)Cl. The van der Waals surface area contributed by atoms with E-state index in [2.05, 4.69) is 0 Å². The highest BCUT2D eigenvalue weighted by Crippen LogP contribution is 2.47. The predicted octanol–water partition coefficient (Wildman–Crippen LogP) is 3.82. The average Bonchev–Trinajstić information content (AvgIpc) is 2.04. The Labute approximate surface area is 81.6 Å². The zero-order valence-electron chi connectivity index (χ0n) is 5.92. The summed E-state index contributed by atoms with van der Waals surface area (Å²) in [6.07, 6.45) is 2.02. The molecule has 1 aromatic carbocycles. The standard InChI is InChI=1S/C7H7Cl2PS/c1-11-7-5-3-2-4-6(7)10(8)9/h2-5H,1H3. The summed E-state index contributed by atoms with van der Waals surface area (Å²) in [5.74, 6) is 0. The summed E-state index contributed by atoms with van der Waals surface area (Å²) in [5.41, 5.74) is 0. The van der Waals surface area contributed by atoms with Gasteiger partial charge in [0.05, 0.1) is 0 Å². The van der Waals surface area contributed by atoms with E-state index in [1.807, 2.05) is 30.5 Å². The summed E-state index contributed by atoms with van der Waals surface area (Å²) in [4.78, 5) is 1.17. The molecule has 60 valence electrons. The van der Waals surface area contributed by atoms with Crippen molar-refractivity contribution in [2.24, 2.45) is 0 Å². The minimum absolute atomic E-state index is 0.999. The molecular formula is C7H7Cl2PS. The summed E-state index contributed by atoms with van der Waals surface area (Å²) < 4.78 is 0. The second-order valence-electron chi connectivity index (χ2n) is 1.90. The van der Waals surface area contributed by atoms with Crippen LogP contribution in [-0.2, 0) is 0 Å². The summed E-state index contributed by atoms with van der Waals surface area (Å²) in [6.45, 7) is -0.999. The lowest BCUT2D eigenvalue weighted by Gasteiger charge is -2.05. The van der Waals surface area contributed by atoms with Gasteiger partial charge in [-0.05, 0) is 12.3 Å². The van der Waals surface area contributed by atoms with Gasteiger partial charge in [-0.25, -0.2) is 0 Å². The highest BCUT2D eigenvalue weighted by Gasteiger charge is 2.07. The lowest BCUT2D eigenvalue weighted by atomic mass is 10.4. The molecule has 4 heteroatoms. The van der Waals surface area contributed by atoms with E-state index < -0.39 is 6.63 Å². The van der Waals surface area contributed by atoms with Crippen molar-refractivity contribution < 1.29 is 0 Å². The highest BCUT2D eigenvalue weighted by atomic mass is 35.9. The van der Waals surface area contributed by atoms with Gasteiger partial charge in [0.25, 0.3) is 0 Å². The van der Waals surface area contributed by atoms with Crippen LogP contribution in [0.15, 0.2) is 29.2 Å². The van der Waals surface area contributed by atoms with Crippen molar-refractivity contribution >= 4 is 46.2 Å². The Hall–Kier alpha value is 0.580. The first-order valence-electron chi connectivity index (χ1n) is 3.00. The molecule has 0 aromatic heterocycles. The topological polar surface area (TPSA) is 0 Å². The van der Waals surface area contributed by atoms with Gasteiger partial charge in [0.1, 0.15) is 6.63 Å². The molecule has 0 N–H and O–H groups in total. The fraction of sp³-hybridized carbons (Fsp3) is 0.143. The van der Waals surface area contributed by atoms with Crippen LogP contribution in [0.2, 0.25) is 0 Å². The van der Waals surface area contributed by atoms with Crippen LogP contribution in [0, 0.1) is 0 Å². The van der Waals surface area contributed by atoms with E-state index in [4.69, 9.17) is 22.5 Å². The second kappa shape index (κ2) is 4.57. The van der Waals surface area contributed by atoms with Crippen molar-refractivity contribution in [2.75, 3.05) is 6.26 Å². The van der Waals surface area contributed by atoms with Crippen LogP contribution >= 0.6 is 40.9 Å². The van der Waals surface area contributed by atoms with Crippen molar-refractivity contribution in [1.82, 2.24) is 0 Å². The van der Waals surface area contributed by atoms with Crippen LogP contribution < -0.4 is 5.30 Å². The quantitative estimate of drug-likeness (QED) is 0.544. The summed E-state index contributed by atoms with van der Waals surface area (Å²) in [5, 5.41) is 1.05. The van der Waals surface area contributed by atoms with Crippen molar-refractivity contribution in [3.8, 4) is 0 Å². The van der Waals surface area contributed by atoms with E-state index >= 15 is 0 Å². The molecule has 0 saturated carbocycles. The van der Waals surface area contributed by atoms with Gasteiger partial charge in [-0.1, -0.05) is 40.7 Å². The molecule has 0 nitrogen and oxygen atoms in total. The molecule has 0 bridgehead atoms. The molecule has 0 fully saturated rings. The number of benzene rings is 1. The molecule has 0 saturated heterocycles.